The number of nitrogens with one attached hydrogen (secondary N) is 2. The molecule has 1 aromatic rings. The molecular weight excluding hydrogens is 348 g/mol. The van der Waals surface area contributed by atoms with Crippen molar-refractivity contribution >= 4 is 39.1 Å². The fraction of sp³-hybridized carbons (Fsp3) is 0.364. The number of aryl methyl sites for hydroxylation is 1. The Morgan fingerprint density at radius 2 is 2.05 bits per heavy atom. The molecule has 0 aliphatic rings. The quantitative estimate of drug-likeness (QED) is 0.864. The van der Waals surface area contributed by atoms with Crippen molar-refractivity contribution in [3.8, 4) is 0 Å². The third-order valence-corrected chi connectivity index (χ3v) is 3.24. The first kappa shape index (κ1) is 16.1. The van der Waals surface area contributed by atoms with Gasteiger partial charge in [-0.1, -0.05) is 11.6 Å². The number of hydrogen-bond donors (Lipinski definition) is 2. The van der Waals surface area contributed by atoms with Crippen molar-refractivity contribution in [1.82, 2.24) is 5.32 Å². The zero-order chi connectivity index (χ0) is 14.6. The van der Waals surface area contributed by atoms with Crippen molar-refractivity contribution in [2.45, 2.75) is 13.1 Å². The highest BCUT2D eigenvalue weighted by Crippen LogP contribution is 2.28. The lowest BCUT2D eigenvalue weighted by Gasteiger charge is -2.12. The molecule has 1 amide bonds. The van der Waals surface area contributed by atoms with Gasteiger partial charge in [0, 0.05) is 9.50 Å². The molecule has 0 aliphatic carbocycles. The van der Waals surface area contributed by atoms with Gasteiger partial charge in [-0.25, -0.2) is 0 Å². The second kappa shape index (κ2) is 6.47. The number of rotatable bonds is 4. The van der Waals surface area contributed by atoms with Crippen LogP contribution in [0.2, 0.25) is 5.02 Å². The SMILES string of the molecule is Cc1cc(Br)c(NCC(=O)NCC(F)(F)F)cc1Cl. The van der Waals surface area contributed by atoms with Gasteiger partial charge in [0.2, 0.25) is 5.91 Å². The summed E-state index contributed by atoms with van der Waals surface area (Å²) >= 11 is 9.18. The van der Waals surface area contributed by atoms with Gasteiger partial charge in [0.05, 0.1) is 12.2 Å². The first-order valence-electron chi connectivity index (χ1n) is 5.22. The van der Waals surface area contributed by atoms with E-state index in [2.05, 4.69) is 21.2 Å². The lowest BCUT2D eigenvalue weighted by atomic mass is 10.2. The van der Waals surface area contributed by atoms with Gasteiger partial charge in [0.15, 0.2) is 0 Å². The lowest BCUT2D eigenvalue weighted by molar-refractivity contribution is -0.137. The predicted octanol–water partition coefficient (Wildman–Crippen LogP) is 3.50. The van der Waals surface area contributed by atoms with Crippen molar-refractivity contribution in [3.63, 3.8) is 0 Å². The summed E-state index contributed by atoms with van der Waals surface area (Å²) in [6, 6.07) is 3.34. The molecule has 1 rings (SSSR count). The smallest absolute Gasteiger partial charge is 0.375 e. The van der Waals surface area contributed by atoms with Gasteiger partial charge >= 0.3 is 6.18 Å². The minimum atomic E-state index is -4.41. The largest absolute Gasteiger partial charge is 0.405 e. The van der Waals surface area contributed by atoms with Gasteiger partial charge < -0.3 is 10.6 Å². The molecule has 0 saturated carbocycles. The van der Waals surface area contributed by atoms with E-state index in [9.17, 15) is 18.0 Å². The van der Waals surface area contributed by atoms with Crippen LogP contribution in [0.3, 0.4) is 0 Å². The van der Waals surface area contributed by atoms with Crippen molar-refractivity contribution in [2.24, 2.45) is 0 Å². The summed E-state index contributed by atoms with van der Waals surface area (Å²) < 4.78 is 36.3. The fourth-order valence-corrected chi connectivity index (χ4v) is 1.98. The summed E-state index contributed by atoms with van der Waals surface area (Å²) in [5.74, 6) is -0.749. The van der Waals surface area contributed by atoms with Gasteiger partial charge in [0.1, 0.15) is 6.54 Å². The third kappa shape index (κ3) is 5.69. The molecule has 0 radical (unpaired) electrons. The molecule has 2 N–H and O–H groups in total. The lowest BCUT2D eigenvalue weighted by Crippen LogP contribution is -2.37. The first-order chi connectivity index (χ1) is 8.69. The molecule has 19 heavy (non-hydrogen) atoms. The summed E-state index contributed by atoms with van der Waals surface area (Å²) in [6.45, 7) is 0.199. The minimum absolute atomic E-state index is 0.270. The zero-order valence-electron chi connectivity index (χ0n) is 9.87. The number of anilines is 1. The number of amides is 1. The number of carbonyl (C=O) groups is 1. The van der Waals surface area contributed by atoms with Crippen LogP contribution >= 0.6 is 27.5 Å². The Morgan fingerprint density at radius 3 is 2.63 bits per heavy atom. The highest BCUT2D eigenvalue weighted by Gasteiger charge is 2.27. The molecule has 0 bridgehead atoms. The molecule has 1 aromatic carbocycles. The molecule has 0 spiro atoms. The molecule has 0 unspecified atom stereocenters. The van der Waals surface area contributed by atoms with Crippen LogP contribution in [0.1, 0.15) is 5.56 Å². The second-order valence-electron chi connectivity index (χ2n) is 3.83. The molecule has 0 saturated heterocycles. The van der Waals surface area contributed by atoms with Crippen LogP contribution in [0.15, 0.2) is 16.6 Å². The van der Waals surface area contributed by atoms with Gasteiger partial charge in [-0.05, 0) is 40.5 Å². The van der Waals surface area contributed by atoms with Crippen molar-refractivity contribution in [1.29, 1.82) is 0 Å². The van der Waals surface area contributed by atoms with Gasteiger partial charge in [-0.3, -0.25) is 4.79 Å². The Labute approximate surface area is 121 Å². The highest BCUT2D eigenvalue weighted by molar-refractivity contribution is 9.10. The average Bonchev–Trinajstić information content (AvgIpc) is 2.28. The molecule has 106 valence electrons. The fourth-order valence-electron chi connectivity index (χ4n) is 1.22. The number of benzene rings is 1. The monoisotopic (exact) mass is 358 g/mol. The van der Waals surface area contributed by atoms with Crippen molar-refractivity contribution in [3.05, 3.63) is 27.2 Å². The van der Waals surface area contributed by atoms with E-state index in [-0.39, 0.29) is 6.54 Å². The number of halogens is 5. The molecule has 0 aromatic heterocycles. The minimum Gasteiger partial charge on any atom is -0.375 e. The van der Waals surface area contributed by atoms with E-state index in [1.807, 2.05) is 6.92 Å². The first-order valence-corrected chi connectivity index (χ1v) is 6.39. The highest BCUT2D eigenvalue weighted by atomic mass is 79.9. The number of carbonyl (C=O) groups excluding carboxylic acids is 1. The van der Waals surface area contributed by atoms with Gasteiger partial charge in [-0.15, -0.1) is 0 Å². The van der Waals surface area contributed by atoms with E-state index < -0.39 is 18.6 Å². The Hall–Kier alpha value is -0.950. The zero-order valence-corrected chi connectivity index (χ0v) is 12.2. The van der Waals surface area contributed by atoms with Crippen LogP contribution in [-0.2, 0) is 4.79 Å². The van der Waals surface area contributed by atoms with E-state index in [0.29, 0.717) is 15.2 Å². The normalized spacial score (nSPS) is 11.3. The molecule has 0 fully saturated rings. The predicted molar refractivity (Wildman–Crippen MR) is 71.4 cm³/mol. The topological polar surface area (TPSA) is 41.1 Å². The molecule has 3 nitrogen and oxygen atoms in total. The second-order valence-corrected chi connectivity index (χ2v) is 5.09. The Kier molecular flexibility index (Phi) is 5.49. The van der Waals surface area contributed by atoms with E-state index in [0.717, 1.165) is 5.56 Å². The summed E-state index contributed by atoms with van der Waals surface area (Å²) in [5, 5.41) is 4.97. The Morgan fingerprint density at radius 1 is 1.42 bits per heavy atom. The Bertz CT molecular complexity index is 480. The summed E-state index contributed by atoms with van der Waals surface area (Å²) in [5.41, 5.74) is 1.39. The molecule has 0 atom stereocenters. The number of hydrogen-bond acceptors (Lipinski definition) is 2. The number of alkyl halides is 3. The average molecular weight is 360 g/mol. The van der Waals surface area contributed by atoms with Crippen LogP contribution in [0.25, 0.3) is 0 Å². The maximum Gasteiger partial charge on any atom is 0.405 e. The van der Waals surface area contributed by atoms with Crippen molar-refractivity contribution in [2.75, 3.05) is 18.4 Å². The maximum absolute atomic E-state index is 11.9. The Balaban J connectivity index is 2.53. The third-order valence-electron chi connectivity index (χ3n) is 2.17. The summed E-state index contributed by atoms with van der Waals surface area (Å²) in [4.78, 5) is 11.2. The maximum atomic E-state index is 11.9. The van der Waals surface area contributed by atoms with E-state index in [4.69, 9.17) is 11.6 Å². The van der Waals surface area contributed by atoms with Crippen LogP contribution in [0, 0.1) is 6.92 Å². The summed E-state index contributed by atoms with van der Waals surface area (Å²) in [7, 11) is 0. The van der Waals surface area contributed by atoms with Gasteiger partial charge in [0.25, 0.3) is 0 Å². The van der Waals surface area contributed by atoms with Gasteiger partial charge in [-0.2, -0.15) is 13.2 Å². The standard InChI is InChI=1S/C11H11BrClF3N2O/c1-6-2-7(12)9(3-8(6)13)17-4-10(19)18-5-11(14,15)16/h2-3,17H,4-5H2,1H3,(H,18,19). The van der Waals surface area contributed by atoms with Crippen LogP contribution < -0.4 is 10.6 Å². The molecule has 0 aliphatic heterocycles. The summed E-state index contributed by atoms with van der Waals surface area (Å²) in [6.07, 6.45) is -4.41. The van der Waals surface area contributed by atoms with Crippen LogP contribution in [0.4, 0.5) is 18.9 Å². The van der Waals surface area contributed by atoms with E-state index in [1.54, 1.807) is 17.4 Å². The molecule has 0 heterocycles. The van der Waals surface area contributed by atoms with E-state index >= 15 is 0 Å². The van der Waals surface area contributed by atoms with Crippen molar-refractivity contribution < 1.29 is 18.0 Å². The van der Waals surface area contributed by atoms with E-state index in [1.165, 1.54) is 0 Å². The van der Waals surface area contributed by atoms with Crippen LogP contribution in [-0.4, -0.2) is 25.2 Å². The van der Waals surface area contributed by atoms with Crippen LogP contribution in [0.5, 0.6) is 0 Å². The molecule has 8 heteroatoms. The molecular formula is C11H11BrClF3N2O.